The van der Waals surface area contributed by atoms with Gasteiger partial charge in [-0.25, -0.2) is 9.97 Å². The summed E-state index contributed by atoms with van der Waals surface area (Å²) in [7, 11) is 4.37. The summed E-state index contributed by atoms with van der Waals surface area (Å²) in [5.74, 6) is 0.248. The zero-order chi connectivity index (χ0) is 33.9. The molecule has 0 radical (unpaired) electrons. The molecule has 2 aromatic heterocycles. The minimum absolute atomic E-state index is 0.358. The maximum absolute atomic E-state index is 11.7. The van der Waals surface area contributed by atoms with E-state index in [2.05, 4.69) is 33.7 Å². The molecule has 2 aromatic carbocycles. The number of aromatic nitrogens is 2. The summed E-state index contributed by atoms with van der Waals surface area (Å²) in [6.45, 7) is 12.6. The molecule has 1 saturated heterocycles. The zero-order valence-corrected chi connectivity index (χ0v) is 28.7. The molecule has 1 aliphatic rings. The average Bonchev–Trinajstić information content (AvgIpc) is 3.05. The van der Waals surface area contributed by atoms with Gasteiger partial charge in [-0.1, -0.05) is 36.4 Å². The predicted molar refractivity (Wildman–Crippen MR) is 187 cm³/mol. The van der Waals surface area contributed by atoms with Gasteiger partial charge in [0.1, 0.15) is 11.0 Å². The van der Waals surface area contributed by atoms with E-state index in [0.29, 0.717) is 48.8 Å². The summed E-state index contributed by atoms with van der Waals surface area (Å²) in [5, 5.41) is 1.87. The predicted octanol–water partition coefficient (Wildman–Crippen LogP) is 4.22. The van der Waals surface area contributed by atoms with Gasteiger partial charge in [0.15, 0.2) is 11.5 Å². The summed E-state index contributed by atoms with van der Waals surface area (Å²) in [4.78, 5) is 42.7. The van der Waals surface area contributed by atoms with Crippen LogP contribution >= 0.6 is 0 Å². The molecule has 1 fully saturated rings. The van der Waals surface area contributed by atoms with Crippen molar-refractivity contribution in [2.75, 3.05) is 79.7 Å². The first kappa shape index (κ1) is 35.3. The first-order chi connectivity index (χ1) is 23.2. The lowest BCUT2D eigenvalue weighted by atomic mass is 10.2. The maximum Gasteiger partial charge on any atom is 0.308 e. The van der Waals surface area contributed by atoms with Gasteiger partial charge in [0.05, 0.1) is 24.6 Å². The van der Waals surface area contributed by atoms with Gasteiger partial charge in [-0.15, -0.1) is 0 Å². The second-order valence-corrected chi connectivity index (χ2v) is 12.6. The number of carbonyl (C=O) groups is 2. The highest BCUT2D eigenvalue weighted by molar-refractivity contribution is 5.87. The van der Waals surface area contributed by atoms with Crippen LogP contribution in [-0.4, -0.2) is 121 Å². The van der Waals surface area contributed by atoms with Gasteiger partial charge in [0.2, 0.25) is 0 Å². The van der Waals surface area contributed by atoms with Gasteiger partial charge >= 0.3 is 11.9 Å². The highest BCUT2D eigenvalue weighted by Crippen LogP contribution is 2.26. The van der Waals surface area contributed by atoms with Crippen LogP contribution in [0.5, 0.6) is 11.5 Å². The van der Waals surface area contributed by atoms with E-state index in [-0.39, 0.29) is 11.9 Å². The molecule has 0 N–H and O–H groups in total. The van der Waals surface area contributed by atoms with Crippen LogP contribution in [-0.2, 0) is 27.4 Å². The lowest BCUT2D eigenvalue weighted by Gasteiger charge is -2.28. The number of carbonyl (C=O) groups excluding carboxylic acids is 2. The van der Waals surface area contributed by atoms with Crippen LogP contribution in [0.15, 0.2) is 60.7 Å². The molecule has 1 aliphatic heterocycles. The van der Waals surface area contributed by atoms with Crippen molar-refractivity contribution in [2.24, 2.45) is 0 Å². The van der Waals surface area contributed by atoms with E-state index in [1.54, 1.807) is 12.1 Å². The van der Waals surface area contributed by atoms with E-state index in [4.69, 9.17) is 24.2 Å². The summed E-state index contributed by atoms with van der Waals surface area (Å²) >= 11 is 0. The summed E-state index contributed by atoms with van der Waals surface area (Å²) < 4.78 is 17.1. The monoisotopic (exact) mass is 656 g/mol. The van der Waals surface area contributed by atoms with Crippen molar-refractivity contribution in [1.82, 2.24) is 29.6 Å². The van der Waals surface area contributed by atoms with Gasteiger partial charge < -0.3 is 24.0 Å². The molecule has 0 saturated carbocycles. The van der Waals surface area contributed by atoms with Crippen LogP contribution in [0.25, 0.3) is 21.8 Å². The van der Waals surface area contributed by atoms with E-state index in [9.17, 15) is 9.59 Å². The standard InChI is InChI=1S/C37H48N6O5/c1-28(44)47-34-10-5-8-30-12-14-32(38-36(30)34)26-42-20-18-40(3)16-7-17-41(4)19-21-43(23-25-46-24-22-42)27-33-15-13-31-9-6-11-35(37(31)39-33)48-29(2)45/h5-6,8-15H,7,16-27H2,1-4H3. The van der Waals surface area contributed by atoms with Crippen molar-refractivity contribution < 1.29 is 23.8 Å². The average molecular weight is 657 g/mol. The SMILES string of the molecule is CC(=O)Oc1cccc2ccc(CN3CCOCCN(Cc4ccc5cccc(OC(C)=O)c5n4)CCN(C)CCCN(C)CC3)nc12. The summed E-state index contributed by atoms with van der Waals surface area (Å²) in [6, 6.07) is 19.4. The molecule has 0 bridgehead atoms. The van der Waals surface area contributed by atoms with Crippen molar-refractivity contribution >= 4 is 33.7 Å². The number of hydrogen-bond donors (Lipinski definition) is 0. The number of rotatable bonds is 6. The van der Waals surface area contributed by atoms with Crippen molar-refractivity contribution in [2.45, 2.75) is 33.4 Å². The molecule has 3 heterocycles. The number of likely N-dealkylation sites (N-methyl/N-ethyl adjacent to an activating group) is 2. The molecule has 0 aliphatic carbocycles. The van der Waals surface area contributed by atoms with Crippen molar-refractivity contribution in [3.8, 4) is 11.5 Å². The first-order valence-electron chi connectivity index (χ1n) is 16.8. The van der Waals surface area contributed by atoms with Gasteiger partial charge in [-0.2, -0.15) is 0 Å². The van der Waals surface area contributed by atoms with E-state index in [0.717, 1.165) is 80.9 Å². The Labute approximate surface area is 283 Å². The molecular weight excluding hydrogens is 608 g/mol. The number of nitrogens with zero attached hydrogens (tertiary/aromatic N) is 6. The van der Waals surface area contributed by atoms with Crippen molar-refractivity contribution in [1.29, 1.82) is 0 Å². The molecule has 11 nitrogen and oxygen atoms in total. The lowest BCUT2D eigenvalue weighted by Crippen LogP contribution is -2.39. The number of hydrogen-bond acceptors (Lipinski definition) is 11. The number of pyridine rings is 2. The third-order valence-electron chi connectivity index (χ3n) is 8.54. The van der Waals surface area contributed by atoms with Crippen LogP contribution in [0.1, 0.15) is 31.7 Å². The Balaban J connectivity index is 1.26. The van der Waals surface area contributed by atoms with Gasteiger partial charge in [-0.3, -0.25) is 19.4 Å². The second-order valence-electron chi connectivity index (χ2n) is 12.6. The van der Waals surface area contributed by atoms with E-state index in [1.807, 2.05) is 48.5 Å². The summed E-state index contributed by atoms with van der Waals surface area (Å²) in [6.07, 6.45) is 1.09. The topological polar surface area (TPSA) is 101 Å². The summed E-state index contributed by atoms with van der Waals surface area (Å²) in [5.41, 5.74) is 3.24. The molecule has 11 heteroatoms. The fourth-order valence-electron chi connectivity index (χ4n) is 5.92. The molecule has 256 valence electrons. The molecule has 0 amide bonds. The number of benzene rings is 2. The number of esters is 2. The van der Waals surface area contributed by atoms with Crippen molar-refractivity contribution in [3.05, 3.63) is 72.1 Å². The highest BCUT2D eigenvalue weighted by atomic mass is 16.5. The fourth-order valence-corrected chi connectivity index (χ4v) is 5.92. The Morgan fingerprint density at radius 1 is 0.625 bits per heavy atom. The minimum atomic E-state index is -0.358. The van der Waals surface area contributed by atoms with Crippen LogP contribution in [0.2, 0.25) is 0 Å². The first-order valence-corrected chi connectivity index (χ1v) is 16.8. The van der Waals surface area contributed by atoms with E-state index < -0.39 is 0 Å². The molecule has 0 spiro atoms. The quantitative estimate of drug-likeness (QED) is 0.220. The smallest absolute Gasteiger partial charge is 0.308 e. The Kier molecular flexibility index (Phi) is 12.8. The number of fused-ring (bicyclic) bond motifs is 2. The Morgan fingerprint density at radius 2 is 1.08 bits per heavy atom. The molecule has 5 rings (SSSR count). The number of para-hydroxylation sites is 2. The fraction of sp³-hybridized carbons (Fsp3) is 0.459. The molecular formula is C37H48N6O5. The largest absolute Gasteiger partial charge is 0.424 e. The van der Waals surface area contributed by atoms with Crippen molar-refractivity contribution in [3.63, 3.8) is 0 Å². The lowest BCUT2D eigenvalue weighted by molar-refractivity contribution is -0.132. The van der Waals surface area contributed by atoms with Crippen LogP contribution < -0.4 is 9.47 Å². The highest BCUT2D eigenvalue weighted by Gasteiger charge is 2.15. The molecule has 48 heavy (non-hydrogen) atoms. The Hall–Kier alpha value is -4.00. The van der Waals surface area contributed by atoms with Gasteiger partial charge in [0.25, 0.3) is 0 Å². The zero-order valence-electron chi connectivity index (χ0n) is 28.7. The number of ether oxygens (including phenoxy) is 3. The third kappa shape index (κ3) is 10.5. The molecule has 0 atom stereocenters. The van der Waals surface area contributed by atoms with Crippen LogP contribution in [0, 0.1) is 0 Å². The van der Waals surface area contributed by atoms with E-state index in [1.165, 1.54) is 13.8 Å². The molecule has 4 aromatic rings. The normalized spacial score (nSPS) is 17.4. The van der Waals surface area contributed by atoms with Crippen LogP contribution in [0.3, 0.4) is 0 Å². The van der Waals surface area contributed by atoms with Crippen LogP contribution in [0.4, 0.5) is 0 Å². The third-order valence-corrected chi connectivity index (χ3v) is 8.54. The maximum atomic E-state index is 11.7. The van der Waals surface area contributed by atoms with E-state index >= 15 is 0 Å². The second kappa shape index (κ2) is 17.4. The minimum Gasteiger partial charge on any atom is -0.424 e. The Bertz CT molecular complexity index is 1560. The van der Waals surface area contributed by atoms with Gasteiger partial charge in [-0.05, 0) is 57.9 Å². The Morgan fingerprint density at radius 3 is 1.52 bits per heavy atom. The van der Waals surface area contributed by atoms with Gasteiger partial charge in [0, 0.05) is 77.0 Å². The molecule has 0 unspecified atom stereocenters.